The van der Waals surface area contributed by atoms with Gasteiger partial charge in [0.15, 0.2) is 0 Å². The maximum atomic E-state index is 12.0. The second kappa shape index (κ2) is 6.45. The number of sulfonamides is 1. The number of amides is 1. The Labute approximate surface area is 129 Å². The number of ether oxygens (including phenoxy) is 1. The molecule has 0 spiro atoms. The molecule has 1 aliphatic heterocycles. The Kier molecular flexibility index (Phi) is 4.82. The molecule has 1 amide bonds. The molecule has 1 saturated heterocycles. The Morgan fingerprint density at radius 1 is 1.36 bits per heavy atom. The largest absolute Gasteiger partial charge is 0.462 e. The first kappa shape index (κ1) is 16.4. The van der Waals surface area contributed by atoms with Gasteiger partial charge in [-0.3, -0.25) is 4.79 Å². The predicted molar refractivity (Wildman–Crippen MR) is 80.8 cm³/mol. The summed E-state index contributed by atoms with van der Waals surface area (Å²) in [5, 5.41) is 5.02. The van der Waals surface area contributed by atoms with Crippen LogP contribution in [0, 0.1) is 5.92 Å². The minimum absolute atomic E-state index is 0.149. The van der Waals surface area contributed by atoms with Crippen LogP contribution in [-0.2, 0) is 19.6 Å². The molecule has 1 fully saturated rings. The van der Waals surface area contributed by atoms with E-state index in [4.69, 9.17) is 9.88 Å². The van der Waals surface area contributed by atoms with E-state index in [2.05, 4.69) is 0 Å². The van der Waals surface area contributed by atoms with Gasteiger partial charge in [0.05, 0.1) is 17.9 Å². The number of hydrogen-bond acceptors (Lipinski definition) is 5. The normalized spacial score (nSPS) is 18.5. The summed E-state index contributed by atoms with van der Waals surface area (Å²) < 4.78 is 27.1. The van der Waals surface area contributed by atoms with Crippen molar-refractivity contribution in [2.75, 3.05) is 23.8 Å². The highest BCUT2D eigenvalue weighted by molar-refractivity contribution is 7.89. The van der Waals surface area contributed by atoms with Crippen LogP contribution in [0.25, 0.3) is 0 Å². The van der Waals surface area contributed by atoms with Crippen LogP contribution in [0.4, 0.5) is 5.69 Å². The molecule has 2 rings (SSSR count). The van der Waals surface area contributed by atoms with Crippen molar-refractivity contribution in [1.29, 1.82) is 0 Å². The second-order valence-corrected chi connectivity index (χ2v) is 6.83. The van der Waals surface area contributed by atoms with E-state index in [0.717, 1.165) is 0 Å². The number of carbonyl (C=O) groups excluding carboxylic acids is 2. The maximum absolute atomic E-state index is 12.0. The summed E-state index contributed by atoms with van der Waals surface area (Å²) in [4.78, 5) is 25.1. The van der Waals surface area contributed by atoms with Crippen molar-refractivity contribution in [1.82, 2.24) is 0 Å². The smallest absolute Gasteiger partial charge is 0.338 e. The van der Waals surface area contributed by atoms with E-state index in [0.29, 0.717) is 24.4 Å². The highest BCUT2D eigenvalue weighted by Crippen LogP contribution is 2.26. The number of esters is 1. The first-order chi connectivity index (χ1) is 10.3. The number of benzene rings is 1. The van der Waals surface area contributed by atoms with Crippen molar-refractivity contribution in [3.8, 4) is 0 Å². The monoisotopic (exact) mass is 326 g/mol. The zero-order valence-corrected chi connectivity index (χ0v) is 13.0. The Balaban J connectivity index is 2.09. The van der Waals surface area contributed by atoms with E-state index in [1.807, 2.05) is 0 Å². The minimum atomic E-state index is -3.60. The van der Waals surface area contributed by atoms with Crippen molar-refractivity contribution in [2.24, 2.45) is 11.1 Å². The van der Waals surface area contributed by atoms with Crippen LogP contribution in [0.2, 0.25) is 0 Å². The molecule has 0 radical (unpaired) electrons. The van der Waals surface area contributed by atoms with E-state index < -0.39 is 16.0 Å². The van der Waals surface area contributed by atoms with Gasteiger partial charge in [0, 0.05) is 24.6 Å². The van der Waals surface area contributed by atoms with Gasteiger partial charge in [-0.25, -0.2) is 18.4 Å². The van der Waals surface area contributed by atoms with Crippen molar-refractivity contribution in [3.63, 3.8) is 0 Å². The molecule has 1 aromatic rings. The maximum Gasteiger partial charge on any atom is 0.338 e. The molecule has 1 aromatic carbocycles. The molecule has 1 aliphatic rings. The van der Waals surface area contributed by atoms with Crippen molar-refractivity contribution >= 4 is 27.6 Å². The lowest BCUT2D eigenvalue weighted by Gasteiger charge is -2.17. The van der Waals surface area contributed by atoms with Crippen molar-refractivity contribution < 1.29 is 22.7 Å². The quantitative estimate of drug-likeness (QED) is 0.793. The van der Waals surface area contributed by atoms with Gasteiger partial charge in [-0.2, -0.15) is 0 Å². The Morgan fingerprint density at radius 2 is 2.00 bits per heavy atom. The highest BCUT2D eigenvalue weighted by atomic mass is 32.2. The lowest BCUT2D eigenvalue weighted by molar-refractivity contribution is -0.117. The molecule has 7 nitrogen and oxygen atoms in total. The van der Waals surface area contributed by atoms with E-state index in [-0.39, 0.29) is 24.0 Å². The van der Waals surface area contributed by atoms with Gasteiger partial charge in [0.2, 0.25) is 15.9 Å². The van der Waals surface area contributed by atoms with Gasteiger partial charge in [-0.05, 0) is 31.2 Å². The number of primary sulfonamides is 1. The summed E-state index contributed by atoms with van der Waals surface area (Å²) in [5.41, 5.74) is 1.02. The van der Waals surface area contributed by atoms with Crippen LogP contribution in [0.5, 0.6) is 0 Å². The fourth-order valence-electron chi connectivity index (χ4n) is 2.46. The molecular weight excluding hydrogens is 308 g/mol. The zero-order chi connectivity index (χ0) is 16.3. The van der Waals surface area contributed by atoms with Gasteiger partial charge < -0.3 is 9.64 Å². The second-order valence-electron chi connectivity index (χ2n) is 5.17. The van der Waals surface area contributed by atoms with Crippen LogP contribution in [0.3, 0.4) is 0 Å². The summed E-state index contributed by atoms with van der Waals surface area (Å²) in [6, 6.07) is 6.44. The fourth-order valence-corrected chi connectivity index (χ4v) is 3.34. The van der Waals surface area contributed by atoms with Gasteiger partial charge >= 0.3 is 5.97 Å². The number of nitrogens with two attached hydrogens (primary N) is 1. The molecule has 120 valence electrons. The average molecular weight is 326 g/mol. The number of anilines is 1. The summed E-state index contributed by atoms with van der Waals surface area (Å²) >= 11 is 0. The Bertz CT molecular complexity index is 669. The molecule has 1 atom stereocenters. The van der Waals surface area contributed by atoms with Crippen LogP contribution in [-0.4, -0.2) is 39.2 Å². The first-order valence-electron chi connectivity index (χ1n) is 6.88. The Morgan fingerprint density at radius 3 is 2.55 bits per heavy atom. The van der Waals surface area contributed by atoms with E-state index in [1.54, 1.807) is 31.2 Å². The molecule has 2 N–H and O–H groups in total. The van der Waals surface area contributed by atoms with Crippen LogP contribution < -0.4 is 10.0 Å². The van der Waals surface area contributed by atoms with Crippen molar-refractivity contribution in [3.05, 3.63) is 29.8 Å². The van der Waals surface area contributed by atoms with Crippen LogP contribution in [0.15, 0.2) is 24.3 Å². The molecule has 8 heteroatoms. The van der Waals surface area contributed by atoms with Crippen molar-refractivity contribution in [2.45, 2.75) is 13.3 Å². The summed E-state index contributed by atoms with van der Waals surface area (Å²) in [6.07, 6.45) is 0.149. The van der Waals surface area contributed by atoms with E-state index >= 15 is 0 Å². The third-order valence-electron chi connectivity index (χ3n) is 3.36. The SMILES string of the molecule is CCOC(=O)c1ccc(N2CC(CS(N)(=O)=O)CC2=O)cc1. The standard InChI is InChI=1S/C14H18N2O5S/c1-2-21-14(18)11-3-5-12(6-4-11)16-8-10(7-13(16)17)9-22(15,19)20/h3-6,10H,2,7-9H2,1H3,(H2,15,19,20). The molecule has 0 aliphatic carbocycles. The average Bonchev–Trinajstić information content (AvgIpc) is 2.77. The number of hydrogen-bond donors (Lipinski definition) is 1. The molecular formula is C14H18N2O5S. The summed E-state index contributed by atoms with van der Waals surface area (Å²) in [5.74, 6) is -1.10. The van der Waals surface area contributed by atoms with Crippen LogP contribution in [0.1, 0.15) is 23.7 Å². The summed E-state index contributed by atoms with van der Waals surface area (Å²) in [6.45, 7) is 2.31. The first-order valence-corrected chi connectivity index (χ1v) is 8.59. The molecule has 0 saturated carbocycles. The predicted octanol–water partition coefficient (Wildman–Crippen LogP) is 0.505. The number of carbonyl (C=O) groups is 2. The molecule has 0 bridgehead atoms. The summed E-state index contributed by atoms with van der Waals surface area (Å²) in [7, 11) is -3.60. The van der Waals surface area contributed by atoms with E-state index in [1.165, 1.54) is 4.90 Å². The topological polar surface area (TPSA) is 107 Å². The third-order valence-corrected chi connectivity index (χ3v) is 4.30. The molecule has 0 aromatic heterocycles. The van der Waals surface area contributed by atoms with Crippen LogP contribution >= 0.6 is 0 Å². The van der Waals surface area contributed by atoms with Gasteiger partial charge in [-0.1, -0.05) is 0 Å². The molecule has 1 heterocycles. The highest BCUT2D eigenvalue weighted by Gasteiger charge is 2.32. The number of nitrogens with zero attached hydrogens (tertiary/aromatic N) is 1. The molecule has 1 unspecified atom stereocenters. The zero-order valence-electron chi connectivity index (χ0n) is 12.2. The van der Waals surface area contributed by atoms with E-state index in [9.17, 15) is 18.0 Å². The fraction of sp³-hybridized carbons (Fsp3) is 0.429. The van der Waals surface area contributed by atoms with Gasteiger partial charge in [-0.15, -0.1) is 0 Å². The Hall–Kier alpha value is -1.93. The minimum Gasteiger partial charge on any atom is -0.462 e. The van der Waals surface area contributed by atoms with Gasteiger partial charge in [0.25, 0.3) is 0 Å². The lowest BCUT2D eigenvalue weighted by Crippen LogP contribution is -2.27. The number of rotatable bonds is 5. The third kappa shape index (κ3) is 4.05. The lowest BCUT2D eigenvalue weighted by atomic mass is 10.1. The molecule has 22 heavy (non-hydrogen) atoms. The van der Waals surface area contributed by atoms with Gasteiger partial charge in [0.1, 0.15) is 0 Å².